The van der Waals surface area contributed by atoms with Gasteiger partial charge in [0.25, 0.3) is 0 Å². The van der Waals surface area contributed by atoms with E-state index in [1.54, 1.807) is 11.3 Å². The fourth-order valence-electron chi connectivity index (χ4n) is 1.82. The van der Waals surface area contributed by atoms with Crippen molar-refractivity contribution in [2.24, 2.45) is 5.73 Å². The van der Waals surface area contributed by atoms with Crippen molar-refractivity contribution in [3.8, 4) is 5.75 Å². The number of anilines is 1. The van der Waals surface area contributed by atoms with Crippen LogP contribution in [0.4, 0.5) is 5.69 Å². The highest BCUT2D eigenvalue weighted by atomic mass is 32.1. The molecule has 1 heterocycles. The molecule has 21 heavy (non-hydrogen) atoms. The molecule has 0 aliphatic rings. The lowest BCUT2D eigenvalue weighted by Crippen LogP contribution is -2.14. The Morgan fingerprint density at radius 3 is 2.71 bits per heavy atom. The molecule has 3 N–H and O–H groups in total. The number of hydrogen-bond donors (Lipinski definition) is 2. The van der Waals surface area contributed by atoms with Gasteiger partial charge in [0.05, 0.1) is 29.8 Å². The van der Waals surface area contributed by atoms with E-state index in [4.69, 9.17) is 10.5 Å². The molecule has 0 bridgehead atoms. The molecule has 1 atom stereocenters. The maximum absolute atomic E-state index is 10.6. The Bertz CT molecular complexity index is 595. The summed E-state index contributed by atoms with van der Waals surface area (Å²) in [6, 6.07) is 7.76. The number of rotatable bonds is 7. The maximum Gasteiger partial charge on any atom is 0.220 e. The SMILES string of the molecule is Cc1nc(C(C)Nc2ccc(OCCC(N)=O)cc2)cs1. The third-order valence-electron chi connectivity index (χ3n) is 2.94. The molecule has 0 aliphatic heterocycles. The van der Waals surface area contributed by atoms with Gasteiger partial charge in [-0.3, -0.25) is 4.79 Å². The molecular weight excluding hydrogens is 286 g/mol. The summed E-state index contributed by atoms with van der Waals surface area (Å²) in [6.07, 6.45) is 0.222. The molecule has 2 aromatic rings. The van der Waals surface area contributed by atoms with E-state index >= 15 is 0 Å². The van der Waals surface area contributed by atoms with E-state index < -0.39 is 0 Å². The van der Waals surface area contributed by atoms with Crippen molar-refractivity contribution in [3.63, 3.8) is 0 Å². The fourth-order valence-corrected chi connectivity index (χ4v) is 2.53. The van der Waals surface area contributed by atoms with Crippen molar-refractivity contribution in [1.29, 1.82) is 0 Å². The Morgan fingerprint density at radius 2 is 2.14 bits per heavy atom. The largest absolute Gasteiger partial charge is 0.493 e. The molecule has 5 nitrogen and oxygen atoms in total. The van der Waals surface area contributed by atoms with Gasteiger partial charge in [0, 0.05) is 11.1 Å². The molecule has 1 aromatic heterocycles. The van der Waals surface area contributed by atoms with Gasteiger partial charge in [-0.15, -0.1) is 11.3 Å². The topological polar surface area (TPSA) is 77.2 Å². The van der Waals surface area contributed by atoms with Crippen molar-refractivity contribution in [1.82, 2.24) is 4.98 Å². The lowest BCUT2D eigenvalue weighted by atomic mass is 10.2. The molecule has 6 heteroatoms. The number of nitrogens with two attached hydrogens (primary N) is 1. The van der Waals surface area contributed by atoms with Crippen molar-refractivity contribution >= 4 is 22.9 Å². The summed E-state index contributed by atoms with van der Waals surface area (Å²) >= 11 is 1.65. The monoisotopic (exact) mass is 305 g/mol. The number of thiazole rings is 1. The Kier molecular flexibility index (Phi) is 5.16. The third kappa shape index (κ3) is 4.75. The number of carbonyl (C=O) groups excluding carboxylic acids is 1. The van der Waals surface area contributed by atoms with E-state index in [0.29, 0.717) is 6.61 Å². The number of benzene rings is 1. The zero-order valence-electron chi connectivity index (χ0n) is 12.1. The average molecular weight is 305 g/mol. The molecule has 0 fully saturated rings. The van der Waals surface area contributed by atoms with Gasteiger partial charge in [0.1, 0.15) is 5.75 Å². The van der Waals surface area contributed by atoms with E-state index in [2.05, 4.69) is 22.6 Å². The van der Waals surface area contributed by atoms with Crippen LogP contribution in [0.5, 0.6) is 5.75 Å². The summed E-state index contributed by atoms with van der Waals surface area (Å²) in [4.78, 5) is 15.1. The first-order valence-electron chi connectivity index (χ1n) is 6.74. The Morgan fingerprint density at radius 1 is 1.43 bits per heavy atom. The molecule has 0 saturated carbocycles. The van der Waals surface area contributed by atoms with Gasteiger partial charge in [-0.05, 0) is 38.1 Å². The minimum atomic E-state index is -0.360. The van der Waals surface area contributed by atoms with Crippen LogP contribution in [0.3, 0.4) is 0 Å². The van der Waals surface area contributed by atoms with E-state index in [0.717, 1.165) is 22.1 Å². The fraction of sp³-hybridized carbons (Fsp3) is 0.333. The van der Waals surface area contributed by atoms with Crippen LogP contribution >= 0.6 is 11.3 Å². The number of nitrogens with one attached hydrogen (secondary N) is 1. The van der Waals surface area contributed by atoms with E-state index in [9.17, 15) is 4.79 Å². The highest BCUT2D eigenvalue weighted by molar-refractivity contribution is 7.09. The molecule has 0 aliphatic carbocycles. The van der Waals surface area contributed by atoms with Gasteiger partial charge < -0.3 is 15.8 Å². The van der Waals surface area contributed by atoms with Crippen molar-refractivity contribution in [3.05, 3.63) is 40.3 Å². The normalized spacial score (nSPS) is 11.9. The number of nitrogens with zero attached hydrogens (tertiary/aromatic N) is 1. The van der Waals surface area contributed by atoms with Crippen LogP contribution in [0.2, 0.25) is 0 Å². The summed E-state index contributed by atoms with van der Waals surface area (Å²) in [5, 5.41) is 6.52. The van der Waals surface area contributed by atoms with Gasteiger partial charge in [-0.25, -0.2) is 4.98 Å². The van der Waals surface area contributed by atoms with Crippen molar-refractivity contribution in [2.75, 3.05) is 11.9 Å². The Balaban J connectivity index is 1.88. The quantitative estimate of drug-likeness (QED) is 0.824. The summed E-state index contributed by atoms with van der Waals surface area (Å²) in [6.45, 7) is 4.38. The predicted molar refractivity (Wildman–Crippen MR) is 84.6 cm³/mol. The van der Waals surface area contributed by atoms with Crippen LogP contribution in [0.1, 0.15) is 30.1 Å². The number of amides is 1. The van der Waals surface area contributed by atoms with Crippen molar-refractivity contribution < 1.29 is 9.53 Å². The zero-order chi connectivity index (χ0) is 15.2. The number of hydrogen-bond acceptors (Lipinski definition) is 5. The average Bonchev–Trinajstić information content (AvgIpc) is 2.87. The van der Waals surface area contributed by atoms with Crippen LogP contribution in [-0.4, -0.2) is 17.5 Å². The van der Waals surface area contributed by atoms with E-state index in [1.807, 2.05) is 31.2 Å². The molecule has 0 spiro atoms. The standard InChI is InChI=1S/C15H19N3O2S/c1-10(14-9-21-11(2)18-14)17-12-3-5-13(6-4-12)20-8-7-15(16)19/h3-6,9-10,17H,7-8H2,1-2H3,(H2,16,19). The first kappa shape index (κ1) is 15.3. The third-order valence-corrected chi connectivity index (χ3v) is 3.73. The molecule has 112 valence electrons. The highest BCUT2D eigenvalue weighted by Crippen LogP contribution is 2.22. The lowest BCUT2D eigenvalue weighted by Gasteiger charge is -2.13. The summed E-state index contributed by atoms with van der Waals surface area (Å²) in [5.41, 5.74) is 7.10. The smallest absolute Gasteiger partial charge is 0.220 e. The van der Waals surface area contributed by atoms with E-state index in [-0.39, 0.29) is 18.4 Å². The van der Waals surface area contributed by atoms with Gasteiger partial charge in [-0.1, -0.05) is 0 Å². The highest BCUT2D eigenvalue weighted by Gasteiger charge is 2.08. The van der Waals surface area contributed by atoms with Gasteiger partial charge >= 0.3 is 0 Å². The second kappa shape index (κ2) is 7.08. The predicted octanol–water partition coefficient (Wildman–Crippen LogP) is 2.88. The number of ether oxygens (including phenoxy) is 1. The van der Waals surface area contributed by atoms with Crippen LogP contribution in [0.15, 0.2) is 29.6 Å². The summed E-state index contributed by atoms with van der Waals surface area (Å²) < 4.78 is 5.43. The van der Waals surface area contributed by atoms with E-state index in [1.165, 1.54) is 0 Å². The summed E-state index contributed by atoms with van der Waals surface area (Å²) in [5.74, 6) is 0.361. The Labute approximate surface area is 128 Å². The molecular formula is C15H19N3O2S. The minimum absolute atomic E-state index is 0.150. The van der Waals surface area contributed by atoms with Gasteiger partial charge in [-0.2, -0.15) is 0 Å². The molecule has 1 amide bonds. The first-order chi connectivity index (χ1) is 10.0. The second-order valence-electron chi connectivity index (χ2n) is 4.75. The van der Waals surface area contributed by atoms with Crippen LogP contribution in [-0.2, 0) is 4.79 Å². The van der Waals surface area contributed by atoms with Crippen molar-refractivity contribution in [2.45, 2.75) is 26.3 Å². The van der Waals surface area contributed by atoms with Gasteiger partial charge in [0.15, 0.2) is 0 Å². The van der Waals surface area contributed by atoms with Gasteiger partial charge in [0.2, 0.25) is 5.91 Å². The molecule has 0 radical (unpaired) electrons. The minimum Gasteiger partial charge on any atom is -0.493 e. The van der Waals surface area contributed by atoms with Crippen LogP contribution in [0.25, 0.3) is 0 Å². The maximum atomic E-state index is 10.6. The zero-order valence-corrected chi connectivity index (χ0v) is 12.9. The molecule has 1 aromatic carbocycles. The summed E-state index contributed by atoms with van der Waals surface area (Å²) in [7, 11) is 0. The second-order valence-corrected chi connectivity index (χ2v) is 5.81. The van der Waals surface area contributed by atoms with Crippen LogP contribution in [0, 0.1) is 6.92 Å². The first-order valence-corrected chi connectivity index (χ1v) is 7.62. The molecule has 1 unspecified atom stereocenters. The Hall–Kier alpha value is -2.08. The number of carbonyl (C=O) groups is 1. The molecule has 2 rings (SSSR count). The van der Waals surface area contributed by atoms with Crippen LogP contribution < -0.4 is 15.8 Å². The number of aryl methyl sites for hydroxylation is 1. The lowest BCUT2D eigenvalue weighted by molar-refractivity contribution is -0.118. The molecule has 0 saturated heterocycles. The number of primary amides is 1. The number of aromatic nitrogens is 1.